The standard InChI is InChI=1S/C13H15N3O3/c14-7-11-4-1-5-12(13(11)16(18)19)15-6-2-3-10(8-15)9-17/h1,4-5,10,17H,2-3,6,8-9H2. The van der Waals surface area contributed by atoms with Gasteiger partial charge in [0.25, 0.3) is 0 Å². The van der Waals surface area contributed by atoms with Crippen molar-refractivity contribution in [3.05, 3.63) is 33.9 Å². The Balaban J connectivity index is 2.39. The Bertz CT molecular complexity index is 524. The van der Waals surface area contributed by atoms with Crippen molar-refractivity contribution in [2.24, 2.45) is 5.92 Å². The third kappa shape index (κ3) is 2.66. The molecule has 0 saturated carbocycles. The van der Waals surface area contributed by atoms with E-state index in [0.29, 0.717) is 18.8 Å². The van der Waals surface area contributed by atoms with Crippen LogP contribution in [0.3, 0.4) is 0 Å². The minimum absolute atomic E-state index is 0.0774. The maximum absolute atomic E-state index is 11.2. The summed E-state index contributed by atoms with van der Waals surface area (Å²) in [6.07, 6.45) is 1.82. The highest BCUT2D eigenvalue weighted by Crippen LogP contribution is 2.33. The lowest BCUT2D eigenvalue weighted by atomic mass is 9.98. The van der Waals surface area contributed by atoms with Crippen molar-refractivity contribution in [3.8, 4) is 6.07 Å². The van der Waals surface area contributed by atoms with Gasteiger partial charge in [-0.05, 0) is 30.9 Å². The van der Waals surface area contributed by atoms with Crippen LogP contribution >= 0.6 is 0 Å². The molecule has 1 heterocycles. The molecule has 1 fully saturated rings. The van der Waals surface area contributed by atoms with Crippen LogP contribution in [0.5, 0.6) is 0 Å². The summed E-state index contributed by atoms with van der Waals surface area (Å²) in [5.74, 6) is 0.138. The third-order valence-corrected chi connectivity index (χ3v) is 3.44. The third-order valence-electron chi connectivity index (χ3n) is 3.44. The maximum atomic E-state index is 11.2. The molecule has 1 saturated heterocycles. The first-order valence-corrected chi connectivity index (χ1v) is 6.20. The van der Waals surface area contributed by atoms with Crippen molar-refractivity contribution < 1.29 is 10.0 Å². The number of aliphatic hydroxyl groups is 1. The molecule has 0 bridgehead atoms. The molecule has 0 radical (unpaired) electrons. The van der Waals surface area contributed by atoms with E-state index in [1.165, 1.54) is 6.07 Å². The summed E-state index contributed by atoms with van der Waals surface area (Å²) >= 11 is 0. The van der Waals surface area contributed by atoms with Crippen molar-refractivity contribution in [2.45, 2.75) is 12.8 Å². The average molecular weight is 261 g/mol. The molecule has 6 heteroatoms. The number of anilines is 1. The van der Waals surface area contributed by atoms with Gasteiger partial charge >= 0.3 is 5.69 Å². The Labute approximate surface area is 111 Å². The average Bonchev–Trinajstić information content (AvgIpc) is 2.46. The number of hydrogen-bond acceptors (Lipinski definition) is 5. The summed E-state index contributed by atoms with van der Waals surface area (Å²) in [6, 6.07) is 6.64. The molecule has 100 valence electrons. The second kappa shape index (κ2) is 5.67. The fourth-order valence-corrected chi connectivity index (χ4v) is 2.50. The molecule has 1 N–H and O–H groups in total. The van der Waals surface area contributed by atoms with E-state index in [1.807, 2.05) is 11.0 Å². The molecule has 19 heavy (non-hydrogen) atoms. The van der Waals surface area contributed by atoms with Crippen LogP contribution in [0.25, 0.3) is 0 Å². The van der Waals surface area contributed by atoms with Gasteiger partial charge in [0.1, 0.15) is 17.3 Å². The molecule has 1 unspecified atom stereocenters. The second-order valence-corrected chi connectivity index (χ2v) is 4.68. The van der Waals surface area contributed by atoms with Gasteiger partial charge in [0.2, 0.25) is 0 Å². The minimum atomic E-state index is -0.504. The van der Waals surface area contributed by atoms with Crippen LogP contribution in [0.1, 0.15) is 18.4 Å². The molecule has 1 aromatic carbocycles. The van der Waals surface area contributed by atoms with Crippen molar-refractivity contribution in [1.29, 1.82) is 5.26 Å². The summed E-state index contributed by atoms with van der Waals surface area (Å²) in [5, 5.41) is 29.4. The van der Waals surface area contributed by atoms with Gasteiger partial charge in [-0.1, -0.05) is 6.07 Å². The number of benzene rings is 1. The lowest BCUT2D eigenvalue weighted by molar-refractivity contribution is -0.384. The predicted molar refractivity (Wildman–Crippen MR) is 69.8 cm³/mol. The van der Waals surface area contributed by atoms with E-state index in [-0.39, 0.29) is 23.8 Å². The number of nitro benzene ring substituents is 1. The van der Waals surface area contributed by atoms with Crippen molar-refractivity contribution in [2.75, 3.05) is 24.6 Å². The Morgan fingerprint density at radius 3 is 3.00 bits per heavy atom. The second-order valence-electron chi connectivity index (χ2n) is 4.68. The van der Waals surface area contributed by atoms with E-state index in [1.54, 1.807) is 12.1 Å². The van der Waals surface area contributed by atoms with Crippen LogP contribution in [0.15, 0.2) is 18.2 Å². The number of piperidine rings is 1. The van der Waals surface area contributed by atoms with E-state index in [4.69, 9.17) is 5.26 Å². The first kappa shape index (κ1) is 13.3. The van der Waals surface area contributed by atoms with Crippen LogP contribution < -0.4 is 4.90 Å². The van der Waals surface area contributed by atoms with E-state index in [9.17, 15) is 15.2 Å². The Morgan fingerprint density at radius 2 is 2.37 bits per heavy atom. The van der Waals surface area contributed by atoms with E-state index in [2.05, 4.69) is 0 Å². The topological polar surface area (TPSA) is 90.4 Å². The van der Waals surface area contributed by atoms with E-state index < -0.39 is 4.92 Å². The number of nitriles is 1. The lowest BCUT2D eigenvalue weighted by Crippen LogP contribution is -2.37. The molecular formula is C13H15N3O3. The Morgan fingerprint density at radius 1 is 1.58 bits per heavy atom. The molecule has 1 aliphatic heterocycles. The molecule has 6 nitrogen and oxygen atoms in total. The molecular weight excluding hydrogens is 246 g/mol. The molecule has 0 spiro atoms. The van der Waals surface area contributed by atoms with Gasteiger partial charge in [0.05, 0.1) is 4.92 Å². The summed E-state index contributed by atoms with van der Waals surface area (Å²) in [4.78, 5) is 12.6. The quantitative estimate of drug-likeness (QED) is 0.660. The fourth-order valence-electron chi connectivity index (χ4n) is 2.50. The number of rotatable bonds is 3. The monoisotopic (exact) mass is 261 g/mol. The zero-order valence-electron chi connectivity index (χ0n) is 10.5. The highest BCUT2D eigenvalue weighted by molar-refractivity contribution is 5.70. The number of para-hydroxylation sites is 1. The van der Waals surface area contributed by atoms with Crippen LogP contribution in [-0.4, -0.2) is 29.7 Å². The van der Waals surface area contributed by atoms with Crippen molar-refractivity contribution >= 4 is 11.4 Å². The molecule has 1 aliphatic rings. The molecule has 1 aromatic rings. The molecule has 1 atom stereocenters. The Kier molecular flexibility index (Phi) is 3.97. The first-order valence-electron chi connectivity index (χ1n) is 6.20. The van der Waals surface area contributed by atoms with Crippen LogP contribution in [-0.2, 0) is 0 Å². The van der Waals surface area contributed by atoms with Gasteiger partial charge in [0, 0.05) is 19.7 Å². The lowest BCUT2D eigenvalue weighted by Gasteiger charge is -2.33. The van der Waals surface area contributed by atoms with Gasteiger partial charge in [0.15, 0.2) is 0 Å². The Hall–Kier alpha value is -2.13. The summed E-state index contributed by atoms with van der Waals surface area (Å²) in [6.45, 7) is 1.39. The van der Waals surface area contributed by atoms with Gasteiger partial charge in [-0.15, -0.1) is 0 Å². The van der Waals surface area contributed by atoms with E-state index in [0.717, 1.165) is 12.8 Å². The maximum Gasteiger partial charge on any atom is 0.310 e. The van der Waals surface area contributed by atoms with Gasteiger partial charge in [-0.3, -0.25) is 10.1 Å². The zero-order valence-corrected chi connectivity index (χ0v) is 10.5. The van der Waals surface area contributed by atoms with Gasteiger partial charge < -0.3 is 10.0 Å². The van der Waals surface area contributed by atoms with Crippen molar-refractivity contribution in [1.82, 2.24) is 0 Å². The van der Waals surface area contributed by atoms with Crippen LogP contribution in [0.2, 0.25) is 0 Å². The number of aliphatic hydroxyl groups excluding tert-OH is 1. The van der Waals surface area contributed by atoms with Crippen molar-refractivity contribution in [3.63, 3.8) is 0 Å². The molecule has 2 rings (SSSR count). The summed E-state index contributed by atoms with van der Waals surface area (Å²) < 4.78 is 0. The predicted octanol–water partition coefficient (Wildman–Crippen LogP) is 1.68. The van der Waals surface area contributed by atoms with Crippen LogP contribution in [0.4, 0.5) is 11.4 Å². The highest BCUT2D eigenvalue weighted by atomic mass is 16.6. The van der Waals surface area contributed by atoms with E-state index >= 15 is 0 Å². The van der Waals surface area contributed by atoms with Gasteiger partial charge in [-0.2, -0.15) is 5.26 Å². The van der Waals surface area contributed by atoms with Gasteiger partial charge in [-0.25, -0.2) is 0 Å². The largest absolute Gasteiger partial charge is 0.396 e. The first-order chi connectivity index (χ1) is 9.17. The number of nitrogens with zero attached hydrogens (tertiary/aromatic N) is 3. The zero-order chi connectivity index (χ0) is 13.8. The SMILES string of the molecule is N#Cc1cccc(N2CCCC(CO)C2)c1[N+](=O)[O-]. The minimum Gasteiger partial charge on any atom is -0.396 e. The summed E-state index contributed by atoms with van der Waals surface area (Å²) in [7, 11) is 0. The molecule has 0 amide bonds. The number of hydrogen-bond donors (Lipinski definition) is 1. The smallest absolute Gasteiger partial charge is 0.310 e. The van der Waals surface area contributed by atoms with Crippen LogP contribution in [0, 0.1) is 27.4 Å². The molecule has 0 aliphatic carbocycles. The highest BCUT2D eigenvalue weighted by Gasteiger charge is 2.27. The number of nitro groups is 1. The fraction of sp³-hybridized carbons (Fsp3) is 0.462. The molecule has 0 aromatic heterocycles. The normalized spacial score (nSPS) is 18.9. The summed E-state index contributed by atoms with van der Waals surface area (Å²) in [5.41, 5.74) is 0.416.